The predicted molar refractivity (Wildman–Crippen MR) is 38.4 cm³/mol. The maximum atomic E-state index is 5.52. The molecular formula is C8H16O. The lowest BCUT2D eigenvalue weighted by Gasteiger charge is -2.25. The van der Waals surface area contributed by atoms with Crippen molar-refractivity contribution in [2.75, 3.05) is 6.61 Å². The topological polar surface area (TPSA) is 9.23 Å². The van der Waals surface area contributed by atoms with Crippen LogP contribution in [-0.2, 0) is 4.74 Å². The minimum atomic E-state index is 0.358. The van der Waals surface area contributed by atoms with Crippen molar-refractivity contribution < 1.29 is 4.74 Å². The van der Waals surface area contributed by atoms with E-state index in [1.54, 1.807) is 0 Å². The van der Waals surface area contributed by atoms with Crippen LogP contribution in [0.1, 0.15) is 33.6 Å². The van der Waals surface area contributed by atoms with Crippen LogP contribution < -0.4 is 0 Å². The van der Waals surface area contributed by atoms with Crippen molar-refractivity contribution in [1.82, 2.24) is 0 Å². The average molecular weight is 128 g/mol. The molecule has 1 saturated heterocycles. The van der Waals surface area contributed by atoms with Crippen molar-refractivity contribution in [1.29, 1.82) is 0 Å². The van der Waals surface area contributed by atoms with E-state index in [4.69, 9.17) is 4.74 Å². The number of ether oxygens (including phenoxy) is 1. The zero-order chi connectivity index (χ0) is 6.91. The third-order valence-corrected chi connectivity index (χ3v) is 1.90. The summed E-state index contributed by atoms with van der Waals surface area (Å²) in [6.45, 7) is 7.69. The van der Waals surface area contributed by atoms with E-state index in [0.29, 0.717) is 11.5 Å². The third-order valence-electron chi connectivity index (χ3n) is 1.90. The summed E-state index contributed by atoms with van der Waals surface area (Å²) < 4.78 is 5.52. The molecule has 0 bridgehead atoms. The van der Waals surface area contributed by atoms with Gasteiger partial charge in [-0.25, -0.2) is 0 Å². The van der Waals surface area contributed by atoms with Gasteiger partial charge in [0.05, 0.1) is 6.10 Å². The van der Waals surface area contributed by atoms with Gasteiger partial charge in [-0.15, -0.1) is 0 Å². The van der Waals surface area contributed by atoms with Crippen molar-refractivity contribution in [2.45, 2.75) is 39.7 Å². The van der Waals surface area contributed by atoms with Gasteiger partial charge in [-0.3, -0.25) is 0 Å². The Balaban J connectivity index is 2.42. The molecule has 0 aromatic rings. The Labute approximate surface area is 57.4 Å². The van der Waals surface area contributed by atoms with Crippen molar-refractivity contribution in [3.63, 3.8) is 0 Å². The van der Waals surface area contributed by atoms with Crippen molar-refractivity contribution >= 4 is 0 Å². The van der Waals surface area contributed by atoms with Crippen LogP contribution in [-0.4, -0.2) is 12.7 Å². The first-order valence-corrected chi connectivity index (χ1v) is 3.72. The molecule has 0 radical (unpaired) electrons. The maximum absolute atomic E-state index is 5.52. The number of rotatable bonds is 0. The predicted octanol–water partition coefficient (Wildman–Crippen LogP) is 2.21. The summed E-state index contributed by atoms with van der Waals surface area (Å²) in [4.78, 5) is 0. The molecule has 0 amide bonds. The monoisotopic (exact) mass is 128 g/mol. The van der Waals surface area contributed by atoms with Gasteiger partial charge in [0.15, 0.2) is 0 Å². The summed E-state index contributed by atoms with van der Waals surface area (Å²) in [5.41, 5.74) is 0.358. The Hall–Kier alpha value is -0.0400. The largest absolute Gasteiger partial charge is 0.378 e. The fraction of sp³-hybridized carbons (Fsp3) is 1.00. The van der Waals surface area contributed by atoms with Gasteiger partial charge in [0.1, 0.15) is 0 Å². The molecule has 1 heteroatoms. The van der Waals surface area contributed by atoms with Gasteiger partial charge < -0.3 is 4.74 Å². The summed E-state index contributed by atoms with van der Waals surface area (Å²) >= 11 is 0. The SMILES string of the molecule is CC(C)(C)C1CCCO1. The summed E-state index contributed by atoms with van der Waals surface area (Å²) in [6.07, 6.45) is 3.02. The van der Waals surface area contributed by atoms with Crippen LogP contribution in [0.5, 0.6) is 0 Å². The van der Waals surface area contributed by atoms with Crippen LogP contribution in [0.15, 0.2) is 0 Å². The minimum Gasteiger partial charge on any atom is -0.378 e. The zero-order valence-corrected chi connectivity index (χ0v) is 6.61. The molecule has 1 atom stereocenters. The second kappa shape index (κ2) is 2.30. The van der Waals surface area contributed by atoms with E-state index < -0.39 is 0 Å². The number of hydrogen-bond acceptors (Lipinski definition) is 1. The second-order valence-corrected chi connectivity index (χ2v) is 3.87. The Bertz CT molecular complexity index is 85.2. The Morgan fingerprint density at radius 3 is 2.22 bits per heavy atom. The minimum absolute atomic E-state index is 0.358. The van der Waals surface area contributed by atoms with Crippen LogP contribution in [0.3, 0.4) is 0 Å². The number of hydrogen-bond donors (Lipinski definition) is 0. The highest BCUT2D eigenvalue weighted by atomic mass is 16.5. The van der Waals surface area contributed by atoms with Crippen LogP contribution in [0.4, 0.5) is 0 Å². The molecule has 0 aliphatic carbocycles. The Morgan fingerprint density at radius 1 is 1.33 bits per heavy atom. The average Bonchev–Trinajstić information content (AvgIpc) is 2.08. The van der Waals surface area contributed by atoms with Crippen LogP contribution in [0.25, 0.3) is 0 Å². The summed E-state index contributed by atoms with van der Waals surface area (Å²) in [5.74, 6) is 0. The van der Waals surface area contributed by atoms with Crippen LogP contribution in [0, 0.1) is 5.41 Å². The molecular weight excluding hydrogens is 112 g/mol. The first-order valence-electron chi connectivity index (χ1n) is 3.72. The Kier molecular flexibility index (Phi) is 1.80. The van der Waals surface area contributed by atoms with E-state index in [1.807, 2.05) is 0 Å². The standard InChI is InChI=1S/C8H16O/c1-8(2,3)7-5-4-6-9-7/h7H,4-6H2,1-3H3. The molecule has 1 fully saturated rings. The second-order valence-electron chi connectivity index (χ2n) is 3.87. The van der Waals surface area contributed by atoms with Gasteiger partial charge in [0.25, 0.3) is 0 Å². The van der Waals surface area contributed by atoms with Crippen molar-refractivity contribution in [3.05, 3.63) is 0 Å². The van der Waals surface area contributed by atoms with Crippen molar-refractivity contribution in [2.24, 2.45) is 5.41 Å². The molecule has 0 spiro atoms. The smallest absolute Gasteiger partial charge is 0.0624 e. The highest BCUT2D eigenvalue weighted by molar-refractivity contribution is 4.77. The van der Waals surface area contributed by atoms with Crippen LogP contribution in [0.2, 0.25) is 0 Å². The molecule has 1 aliphatic rings. The zero-order valence-electron chi connectivity index (χ0n) is 6.61. The molecule has 1 aliphatic heterocycles. The summed E-state index contributed by atoms with van der Waals surface area (Å²) in [6, 6.07) is 0. The van der Waals surface area contributed by atoms with E-state index in [0.717, 1.165) is 6.61 Å². The first kappa shape index (κ1) is 7.07. The maximum Gasteiger partial charge on any atom is 0.0624 e. The molecule has 1 unspecified atom stereocenters. The molecule has 54 valence electrons. The molecule has 9 heavy (non-hydrogen) atoms. The molecule has 1 nitrogen and oxygen atoms in total. The van der Waals surface area contributed by atoms with Crippen molar-refractivity contribution in [3.8, 4) is 0 Å². The highest BCUT2D eigenvalue weighted by Crippen LogP contribution is 2.29. The van der Waals surface area contributed by atoms with E-state index in [9.17, 15) is 0 Å². The fourth-order valence-electron chi connectivity index (χ4n) is 1.26. The van der Waals surface area contributed by atoms with E-state index in [2.05, 4.69) is 20.8 Å². The van der Waals surface area contributed by atoms with E-state index >= 15 is 0 Å². The van der Waals surface area contributed by atoms with Crippen LogP contribution >= 0.6 is 0 Å². The third kappa shape index (κ3) is 1.68. The summed E-state index contributed by atoms with van der Waals surface area (Å²) in [7, 11) is 0. The summed E-state index contributed by atoms with van der Waals surface area (Å²) in [5, 5.41) is 0. The first-order chi connectivity index (χ1) is 4.11. The van der Waals surface area contributed by atoms with Gasteiger partial charge in [-0.1, -0.05) is 20.8 Å². The van der Waals surface area contributed by atoms with E-state index in [-0.39, 0.29) is 0 Å². The molecule has 1 heterocycles. The Morgan fingerprint density at radius 2 is 2.00 bits per heavy atom. The normalized spacial score (nSPS) is 29.0. The van der Waals surface area contributed by atoms with Gasteiger partial charge in [-0.2, -0.15) is 0 Å². The molecule has 0 aromatic carbocycles. The van der Waals surface area contributed by atoms with Gasteiger partial charge in [0, 0.05) is 6.61 Å². The van der Waals surface area contributed by atoms with E-state index in [1.165, 1.54) is 12.8 Å². The van der Waals surface area contributed by atoms with Gasteiger partial charge in [0.2, 0.25) is 0 Å². The molecule has 0 saturated carbocycles. The van der Waals surface area contributed by atoms with Gasteiger partial charge in [-0.05, 0) is 18.3 Å². The molecule has 0 aromatic heterocycles. The lowest BCUT2D eigenvalue weighted by molar-refractivity contribution is 0.0290. The fourth-order valence-corrected chi connectivity index (χ4v) is 1.26. The quantitative estimate of drug-likeness (QED) is 0.486. The lowest BCUT2D eigenvalue weighted by Crippen LogP contribution is -2.24. The molecule has 0 N–H and O–H groups in total. The highest BCUT2D eigenvalue weighted by Gasteiger charge is 2.27. The lowest BCUT2D eigenvalue weighted by atomic mass is 9.88. The van der Waals surface area contributed by atoms with Gasteiger partial charge >= 0.3 is 0 Å². The molecule has 1 rings (SSSR count).